The zero-order valence-corrected chi connectivity index (χ0v) is 14.0. The Kier molecular flexibility index (Phi) is 4.25. The first kappa shape index (κ1) is 14.5. The van der Waals surface area contributed by atoms with E-state index in [1.807, 2.05) is 29.6 Å². The Morgan fingerprint density at radius 3 is 2.42 bits per heavy atom. The highest BCUT2D eigenvalue weighted by Crippen LogP contribution is 2.26. The van der Waals surface area contributed by atoms with E-state index >= 15 is 0 Å². The topological polar surface area (TPSA) is 42.0 Å². The van der Waals surface area contributed by atoms with Gasteiger partial charge in [-0.05, 0) is 46.9 Å². The van der Waals surface area contributed by atoms with Gasteiger partial charge in [-0.15, -0.1) is 11.3 Å². The summed E-state index contributed by atoms with van der Waals surface area (Å²) in [6.45, 7) is 6.31. The highest BCUT2D eigenvalue weighted by Gasteiger charge is 2.18. The third-order valence-corrected chi connectivity index (χ3v) is 4.08. The number of hydrogen-bond donors (Lipinski definition) is 1. The summed E-state index contributed by atoms with van der Waals surface area (Å²) in [5, 5.41) is 5.47. The summed E-state index contributed by atoms with van der Waals surface area (Å²) in [5.74, 6) is -0.119. The number of halogens is 1. The molecule has 1 amide bonds. The van der Waals surface area contributed by atoms with Crippen LogP contribution in [-0.4, -0.2) is 10.9 Å². The number of anilines is 1. The first-order valence-electron chi connectivity index (χ1n) is 5.89. The molecule has 0 unspecified atom stereocenters. The molecule has 0 fully saturated rings. The highest BCUT2D eigenvalue weighted by atomic mass is 127. The van der Waals surface area contributed by atoms with Gasteiger partial charge < -0.3 is 0 Å². The van der Waals surface area contributed by atoms with Crippen molar-refractivity contribution in [1.82, 2.24) is 4.98 Å². The number of rotatable bonds is 2. The summed E-state index contributed by atoms with van der Waals surface area (Å²) in [6, 6.07) is 7.46. The summed E-state index contributed by atoms with van der Waals surface area (Å²) in [5.41, 5.74) is 1.64. The van der Waals surface area contributed by atoms with Crippen molar-refractivity contribution in [3.63, 3.8) is 0 Å². The third-order valence-electron chi connectivity index (χ3n) is 2.60. The van der Waals surface area contributed by atoms with E-state index in [4.69, 9.17) is 0 Å². The maximum absolute atomic E-state index is 12.0. The van der Waals surface area contributed by atoms with Crippen LogP contribution in [0.15, 0.2) is 29.6 Å². The predicted octanol–water partition coefficient (Wildman–Crippen LogP) is 4.30. The Bertz CT molecular complexity index is 584. The molecule has 0 bridgehead atoms. The SMILES string of the molecule is CC(C)(C)c1csc(NC(=O)c2ccc(I)cc2)n1. The van der Waals surface area contributed by atoms with Crippen LogP contribution in [0.4, 0.5) is 5.13 Å². The number of carbonyl (C=O) groups is 1. The number of nitrogens with zero attached hydrogens (tertiary/aromatic N) is 1. The Morgan fingerprint density at radius 2 is 1.89 bits per heavy atom. The minimum atomic E-state index is -0.119. The van der Waals surface area contributed by atoms with Crippen molar-refractivity contribution in [2.24, 2.45) is 0 Å². The number of aromatic nitrogens is 1. The van der Waals surface area contributed by atoms with Crippen molar-refractivity contribution in [2.45, 2.75) is 26.2 Å². The smallest absolute Gasteiger partial charge is 0.257 e. The molecule has 1 N–H and O–H groups in total. The van der Waals surface area contributed by atoms with Crippen LogP contribution in [0, 0.1) is 3.57 Å². The molecule has 1 aromatic heterocycles. The Labute approximate surface area is 130 Å². The van der Waals surface area contributed by atoms with Gasteiger partial charge in [0.2, 0.25) is 0 Å². The van der Waals surface area contributed by atoms with Gasteiger partial charge in [0.1, 0.15) is 0 Å². The number of amides is 1. The van der Waals surface area contributed by atoms with Crippen LogP contribution in [0.25, 0.3) is 0 Å². The summed E-state index contributed by atoms with van der Waals surface area (Å²) in [4.78, 5) is 16.5. The van der Waals surface area contributed by atoms with Gasteiger partial charge in [0.05, 0.1) is 5.69 Å². The molecule has 0 saturated heterocycles. The zero-order chi connectivity index (χ0) is 14.0. The molecular weight excluding hydrogens is 371 g/mol. The molecule has 0 spiro atoms. The lowest BCUT2D eigenvalue weighted by molar-refractivity contribution is 0.102. The van der Waals surface area contributed by atoms with E-state index in [9.17, 15) is 4.79 Å². The Balaban J connectivity index is 2.11. The van der Waals surface area contributed by atoms with Crippen molar-refractivity contribution in [3.05, 3.63) is 44.5 Å². The second-order valence-corrected chi connectivity index (χ2v) is 7.35. The number of nitrogens with one attached hydrogen (secondary N) is 1. The van der Waals surface area contributed by atoms with Gasteiger partial charge in [-0.3, -0.25) is 10.1 Å². The molecule has 1 aromatic carbocycles. The fraction of sp³-hybridized carbons (Fsp3) is 0.286. The van der Waals surface area contributed by atoms with Crippen LogP contribution in [0.1, 0.15) is 36.8 Å². The molecule has 100 valence electrons. The molecule has 0 aliphatic heterocycles. The Hall–Kier alpha value is -0.950. The minimum absolute atomic E-state index is 0.00232. The van der Waals surface area contributed by atoms with Gasteiger partial charge in [-0.25, -0.2) is 4.98 Å². The normalized spacial score (nSPS) is 11.4. The molecule has 0 radical (unpaired) electrons. The summed E-state index contributed by atoms with van der Waals surface area (Å²) in [7, 11) is 0. The van der Waals surface area contributed by atoms with Crippen LogP contribution in [0.2, 0.25) is 0 Å². The molecule has 1 heterocycles. The molecule has 2 aromatic rings. The average molecular weight is 386 g/mol. The lowest BCUT2D eigenvalue weighted by Crippen LogP contribution is -2.14. The number of thiazole rings is 1. The summed E-state index contributed by atoms with van der Waals surface area (Å²) in [6.07, 6.45) is 0. The van der Waals surface area contributed by atoms with Crippen molar-refractivity contribution in [2.75, 3.05) is 5.32 Å². The van der Waals surface area contributed by atoms with E-state index < -0.39 is 0 Å². The predicted molar refractivity (Wildman–Crippen MR) is 87.9 cm³/mol. The lowest BCUT2D eigenvalue weighted by atomic mass is 9.93. The van der Waals surface area contributed by atoms with Crippen LogP contribution < -0.4 is 5.32 Å². The van der Waals surface area contributed by atoms with Crippen molar-refractivity contribution in [3.8, 4) is 0 Å². The molecule has 2 rings (SSSR count). The van der Waals surface area contributed by atoms with Crippen LogP contribution >= 0.6 is 33.9 Å². The molecule has 19 heavy (non-hydrogen) atoms. The van der Waals surface area contributed by atoms with Gasteiger partial charge in [0.25, 0.3) is 5.91 Å². The molecular formula is C14H15IN2OS. The van der Waals surface area contributed by atoms with Gasteiger partial charge in [0.15, 0.2) is 5.13 Å². The molecule has 0 aliphatic carbocycles. The van der Waals surface area contributed by atoms with E-state index in [-0.39, 0.29) is 11.3 Å². The van der Waals surface area contributed by atoms with Gasteiger partial charge in [-0.2, -0.15) is 0 Å². The monoisotopic (exact) mass is 386 g/mol. The number of carbonyl (C=O) groups excluding carboxylic acids is 1. The highest BCUT2D eigenvalue weighted by molar-refractivity contribution is 14.1. The molecule has 3 nitrogen and oxygen atoms in total. The number of benzene rings is 1. The molecule has 0 saturated carbocycles. The largest absolute Gasteiger partial charge is 0.298 e. The van der Waals surface area contributed by atoms with Crippen molar-refractivity contribution >= 4 is 45.0 Å². The van der Waals surface area contributed by atoms with E-state index in [0.717, 1.165) is 9.26 Å². The van der Waals surface area contributed by atoms with E-state index in [1.165, 1.54) is 11.3 Å². The van der Waals surface area contributed by atoms with Gasteiger partial charge in [-0.1, -0.05) is 20.8 Å². The second-order valence-electron chi connectivity index (χ2n) is 5.25. The zero-order valence-electron chi connectivity index (χ0n) is 11.0. The van der Waals surface area contributed by atoms with Crippen LogP contribution in [0.3, 0.4) is 0 Å². The van der Waals surface area contributed by atoms with E-state index in [1.54, 1.807) is 0 Å². The standard InChI is InChI=1S/C14H15IN2OS/c1-14(2,3)11-8-19-13(16-11)17-12(18)9-4-6-10(15)7-5-9/h4-8H,1-3H3,(H,16,17,18). The minimum Gasteiger partial charge on any atom is -0.298 e. The second kappa shape index (κ2) is 5.58. The Morgan fingerprint density at radius 1 is 1.26 bits per heavy atom. The number of hydrogen-bond acceptors (Lipinski definition) is 3. The average Bonchev–Trinajstić information content (AvgIpc) is 2.78. The van der Waals surface area contributed by atoms with E-state index in [0.29, 0.717) is 10.7 Å². The van der Waals surface area contributed by atoms with Crippen LogP contribution in [0.5, 0.6) is 0 Å². The van der Waals surface area contributed by atoms with Crippen molar-refractivity contribution < 1.29 is 4.79 Å². The van der Waals surface area contributed by atoms with Crippen molar-refractivity contribution in [1.29, 1.82) is 0 Å². The maximum Gasteiger partial charge on any atom is 0.257 e. The lowest BCUT2D eigenvalue weighted by Gasteiger charge is -2.14. The quantitative estimate of drug-likeness (QED) is 0.783. The van der Waals surface area contributed by atoms with Gasteiger partial charge in [0, 0.05) is 19.9 Å². The first-order valence-corrected chi connectivity index (χ1v) is 7.85. The summed E-state index contributed by atoms with van der Waals surface area (Å²) >= 11 is 3.67. The molecule has 5 heteroatoms. The molecule has 0 aliphatic rings. The first-order chi connectivity index (χ1) is 8.86. The fourth-order valence-corrected chi connectivity index (χ4v) is 2.74. The molecule has 0 atom stereocenters. The van der Waals surface area contributed by atoms with Crippen LogP contribution in [-0.2, 0) is 5.41 Å². The maximum atomic E-state index is 12.0. The van der Waals surface area contributed by atoms with Gasteiger partial charge >= 0.3 is 0 Å². The third kappa shape index (κ3) is 3.76. The fourth-order valence-electron chi connectivity index (χ4n) is 1.45. The summed E-state index contributed by atoms with van der Waals surface area (Å²) < 4.78 is 1.11. The van der Waals surface area contributed by atoms with E-state index in [2.05, 4.69) is 53.7 Å².